The van der Waals surface area contributed by atoms with Crippen molar-refractivity contribution >= 4 is 44.5 Å². The van der Waals surface area contributed by atoms with Gasteiger partial charge in [0.15, 0.2) is 23.0 Å². The van der Waals surface area contributed by atoms with Crippen LogP contribution in [0.25, 0.3) is 42.7 Å². The van der Waals surface area contributed by atoms with Gasteiger partial charge in [0.2, 0.25) is 0 Å². The first-order valence-electron chi connectivity index (χ1n) is 12.6. The summed E-state index contributed by atoms with van der Waals surface area (Å²) < 4.78 is 26.1. The number of benzene rings is 2. The van der Waals surface area contributed by atoms with Crippen molar-refractivity contribution in [2.24, 2.45) is 0 Å². The van der Waals surface area contributed by atoms with Gasteiger partial charge in [-0.2, -0.15) is 0 Å². The van der Waals surface area contributed by atoms with Gasteiger partial charge in [0.1, 0.15) is 26.4 Å². The van der Waals surface area contributed by atoms with Crippen LogP contribution in [0, 0.1) is 0 Å². The van der Waals surface area contributed by atoms with Gasteiger partial charge >= 0.3 is 0 Å². The lowest BCUT2D eigenvalue weighted by Gasteiger charge is -2.16. The maximum Gasteiger partial charge on any atom is 0.179 e. The molecule has 5 nitrogen and oxygen atoms in total. The van der Waals surface area contributed by atoms with Gasteiger partial charge in [0.05, 0.1) is 9.75 Å². The SMILES string of the molecule is CCCCCn1c2ccc(-c3scc4c3OCCO4)cc2c2cc(-c3scc4c3OCCO4)ccc21. The van der Waals surface area contributed by atoms with Crippen LogP contribution in [0.5, 0.6) is 23.0 Å². The Hall–Kier alpha value is -3.16. The Morgan fingerprint density at radius 1 is 0.694 bits per heavy atom. The van der Waals surface area contributed by atoms with Gasteiger partial charge in [-0.15, -0.1) is 22.7 Å². The normalized spacial score (nSPS) is 14.6. The molecule has 0 spiro atoms. The summed E-state index contributed by atoms with van der Waals surface area (Å²) in [5.41, 5.74) is 4.89. The molecule has 2 aliphatic heterocycles. The Balaban J connectivity index is 1.40. The predicted octanol–water partition coefficient (Wildman–Crippen LogP) is 7.98. The Morgan fingerprint density at radius 3 is 1.75 bits per heavy atom. The van der Waals surface area contributed by atoms with Gasteiger partial charge in [-0.25, -0.2) is 0 Å². The first-order valence-corrected chi connectivity index (χ1v) is 14.4. The van der Waals surface area contributed by atoms with Crippen molar-refractivity contribution in [3.8, 4) is 43.9 Å². The average Bonchev–Trinajstić information content (AvgIpc) is 3.63. The van der Waals surface area contributed by atoms with Gasteiger partial charge in [0, 0.05) is 39.1 Å². The minimum atomic E-state index is 0.593. The molecule has 0 bridgehead atoms. The van der Waals surface area contributed by atoms with E-state index in [0.717, 1.165) is 39.3 Å². The van der Waals surface area contributed by atoms with Crippen LogP contribution in [0.2, 0.25) is 0 Å². The average molecular weight is 518 g/mol. The summed E-state index contributed by atoms with van der Waals surface area (Å²) in [6.45, 7) is 5.68. The molecule has 0 atom stereocenters. The number of rotatable bonds is 6. The summed E-state index contributed by atoms with van der Waals surface area (Å²) in [6, 6.07) is 13.6. The van der Waals surface area contributed by atoms with Crippen molar-refractivity contribution < 1.29 is 18.9 Å². The number of unbranched alkanes of at least 4 members (excludes halogenated alkanes) is 2. The van der Waals surface area contributed by atoms with Gasteiger partial charge < -0.3 is 23.5 Å². The molecule has 0 unspecified atom stereocenters. The highest BCUT2D eigenvalue weighted by Gasteiger charge is 2.23. The molecular formula is C29H27NO4S2. The molecule has 5 aromatic rings. The molecule has 0 saturated carbocycles. The zero-order valence-corrected chi connectivity index (χ0v) is 21.8. The zero-order chi connectivity index (χ0) is 24.1. The van der Waals surface area contributed by atoms with Crippen LogP contribution in [0.15, 0.2) is 47.2 Å². The van der Waals surface area contributed by atoms with E-state index in [0.29, 0.717) is 26.4 Å². The van der Waals surface area contributed by atoms with Crippen LogP contribution >= 0.6 is 22.7 Å². The summed E-state index contributed by atoms with van der Waals surface area (Å²) >= 11 is 3.37. The van der Waals surface area contributed by atoms with Crippen molar-refractivity contribution in [3.05, 3.63) is 47.2 Å². The number of ether oxygens (including phenoxy) is 4. The van der Waals surface area contributed by atoms with Crippen molar-refractivity contribution in [2.75, 3.05) is 26.4 Å². The Morgan fingerprint density at radius 2 is 1.22 bits per heavy atom. The number of fused-ring (bicyclic) bond motifs is 5. The van der Waals surface area contributed by atoms with E-state index < -0.39 is 0 Å². The Bertz CT molecular complexity index is 1470. The molecule has 2 aliphatic rings. The van der Waals surface area contributed by atoms with E-state index in [9.17, 15) is 0 Å². The third-order valence-electron chi connectivity index (χ3n) is 6.98. The van der Waals surface area contributed by atoms with Crippen molar-refractivity contribution in [3.63, 3.8) is 0 Å². The molecule has 0 amide bonds. The maximum absolute atomic E-state index is 6.00. The number of hydrogen-bond acceptors (Lipinski definition) is 6. The molecule has 0 saturated heterocycles. The second kappa shape index (κ2) is 9.05. The van der Waals surface area contributed by atoms with E-state index in [1.165, 1.54) is 52.2 Å². The van der Waals surface area contributed by atoms with Gasteiger partial charge in [-0.3, -0.25) is 0 Å². The Kier molecular flexibility index (Phi) is 5.55. The van der Waals surface area contributed by atoms with Crippen LogP contribution in [-0.2, 0) is 6.54 Å². The molecule has 36 heavy (non-hydrogen) atoms. The van der Waals surface area contributed by atoms with Crippen molar-refractivity contribution in [1.82, 2.24) is 4.57 Å². The highest BCUT2D eigenvalue weighted by atomic mass is 32.1. The molecule has 0 N–H and O–H groups in total. The third-order valence-corrected chi connectivity index (χ3v) is 8.95. The van der Waals surface area contributed by atoms with Crippen LogP contribution in [-0.4, -0.2) is 31.0 Å². The second-order valence-corrected chi connectivity index (χ2v) is 11.0. The highest BCUT2D eigenvalue weighted by molar-refractivity contribution is 7.14. The van der Waals surface area contributed by atoms with Crippen molar-refractivity contribution in [2.45, 2.75) is 32.7 Å². The first-order chi connectivity index (χ1) is 17.8. The smallest absolute Gasteiger partial charge is 0.179 e. The van der Waals surface area contributed by atoms with Gasteiger partial charge in [0.25, 0.3) is 0 Å². The fraction of sp³-hybridized carbons (Fsp3) is 0.310. The molecule has 2 aromatic carbocycles. The molecule has 7 heteroatoms. The number of hydrogen-bond donors (Lipinski definition) is 0. The van der Waals surface area contributed by atoms with E-state index >= 15 is 0 Å². The van der Waals surface area contributed by atoms with E-state index in [1.807, 2.05) is 0 Å². The summed E-state index contributed by atoms with van der Waals surface area (Å²) in [4.78, 5) is 2.26. The molecule has 0 fully saturated rings. The molecule has 7 rings (SSSR count). The second-order valence-electron chi connectivity index (χ2n) is 9.23. The van der Waals surface area contributed by atoms with Gasteiger partial charge in [-0.1, -0.05) is 31.9 Å². The Labute approximate surface area is 217 Å². The standard InChI is InChI=1S/C29H27NO4S2/c1-2-3-4-9-30-22-7-5-18(28-26-24(16-35-28)31-10-12-33-26)14-20(22)21-15-19(6-8-23(21)30)29-27-25(17-36-29)32-11-13-34-27/h5-8,14-17H,2-4,9-13H2,1H3. The monoisotopic (exact) mass is 517 g/mol. The highest BCUT2D eigenvalue weighted by Crippen LogP contribution is 2.48. The lowest BCUT2D eigenvalue weighted by Crippen LogP contribution is -2.14. The summed E-state index contributed by atoms with van der Waals surface area (Å²) in [6.07, 6.45) is 3.61. The van der Waals surface area contributed by atoms with Crippen LogP contribution in [0.1, 0.15) is 26.2 Å². The molecule has 5 heterocycles. The van der Waals surface area contributed by atoms with Crippen LogP contribution in [0.4, 0.5) is 0 Å². The van der Waals surface area contributed by atoms with Crippen LogP contribution < -0.4 is 18.9 Å². The largest absolute Gasteiger partial charge is 0.485 e. The summed E-state index contributed by atoms with van der Waals surface area (Å²) in [7, 11) is 0. The fourth-order valence-corrected chi connectivity index (χ4v) is 7.13. The molecule has 184 valence electrons. The van der Waals surface area contributed by atoms with E-state index in [2.05, 4.69) is 58.6 Å². The minimum absolute atomic E-state index is 0.593. The first kappa shape index (κ1) is 22.1. The quantitative estimate of drug-likeness (QED) is 0.214. The van der Waals surface area contributed by atoms with E-state index in [1.54, 1.807) is 22.7 Å². The topological polar surface area (TPSA) is 41.9 Å². The fourth-order valence-electron chi connectivity index (χ4n) is 5.27. The third kappa shape index (κ3) is 3.56. The van der Waals surface area contributed by atoms with E-state index in [-0.39, 0.29) is 0 Å². The molecule has 0 aliphatic carbocycles. The molecule has 0 radical (unpaired) electrons. The molecule has 3 aromatic heterocycles. The number of thiophene rings is 2. The predicted molar refractivity (Wildman–Crippen MR) is 148 cm³/mol. The van der Waals surface area contributed by atoms with E-state index in [4.69, 9.17) is 18.9 Å². The lowest BCUT2D eigenvalue weighted by atomic mass is 10.1. The number of aromatic nitrogens is 1. The number of nitrogens with zero attached hydrogens (tertiary/aromatic N) is 1. The van der Waals surface area contributed by atoms with Gasteiger partial charge in [-0.05, 0) is 41.8 Å². The lowest BCUT2D eigenvalue weighted by molar-refractivity contribution is 0.174. The minimum Gasteiger partial charge on any atom is -0.485 e. The van der Waals surface area contributed by atoms with Crippen molar-refractivity contribution in [1.29, 1.82) is 0 Å². The molecular weight excluding hydrogens is 490 g/mol. The summed E-state index contributed by atoms with van der Waals surface area (Å²) in [5, 5.41) is 6.65. The number of aryl methyl sites for hydroxylation is 1. The zero-order valence-electron chi connectivity index (χ0n) is 20.2. The summed E-state index contributed by atoms with van der Waals surface area (Å²) in [5.74, 6) is 3.46. The maximum atomic E-state index is 6.00. The van der Waals surface area contributed by atoms with Crippen LogP contribution in [0.3, 0.4) is 0 Å².